The van der Waals surface area contributed by atoms with Crippen molar-refractivity contribution in [2.75, 3.05) is 31.1 Å². The Hall–Kier alpha value is -1.33. The number of aromatic nitrogens is 1. The van der Waals surface area contributed by atoms with E-state index in [4.69, 9.17) is 4.98 Å². The first-order valence-corrected chi connectivity index (χ1v) is 9.61. The summed E-state index contributed by atoms with van der Waals surface area (Å²) in [7, 11) is 0. The number of hydrogen-bond donors (Lipinski definition) is 1. The monoisotopic (exact) mass is 333 g/mol. The zero-order chi connectivity index (χ0) is 16.2. The van der Waals surface area contributed by atoms with Gasteiger partial charge in [-0.1, -0.05) is 25.2 Å². The Bertz CT molecular complexity index is 628. The van der Waals surface area contributed by atoms with Crippen molar-refractivity contribution in [3.63, 3.8) is 0 Å². The highest BCUT2D eigenvalue weighted by Gasteiger charge is 2.25. The number of fused-ring (bicyclic) bond motifs is 1. The molecule has 1 aliphatic rings. The predicted molar refractivity (Wildman–Crippen MR) is 98.7 cm³/mol. The van der Waals surface area contributed by atoms with Gasteiger partial charge in [0.15, 0.2) is 5.13 Å². The number of thiazole rings is 1. The van der Waals surface area contributed by atoms with Crippen LogP contribution in [0.5, 0.6) is 5.75 Å². The summed E-state index contributed by atoms with van der Waals surface area (Å²) in [5.74, 6) is 0.294. The Morgan fingerprint density at radius 2 is 1.91 bits per heavy atom. The number of phenols is 1. The molecule has 0 bridgehead atoms. The van der Waals surface area contributed by atoms with Crippen molar-refractivity contribution < 1.29 is 5.11 Å². The van der Waals surface area contributed by atoms with Crippen molar-refractivity contribution in [1.82, 2.24) is 9.88 Å². The Balaban J connectivity index is 1.65. The molecule has 23 heavy (non-hydrogen) atoms. The molecule has 0 amide bonds. The maximum absolute atomic E-state index is 9.59. The number of phenolic OH excluding ortho intramolecular Hbond substituents is 1. The van der Waals surface area contributed by atoms with Gasteiger partial charge in [-0.25, -0.2) is 4.98 Å². The molecule has 1 aromatic heterocycles. The first kappa shape index (κ1) is 16.5. The minimum absolute atomic E-state index is 0.294. The molecular formula is C18H27N3OS. The summed E-state index contributed by atoms with van der Waals surface area (Å²) in [6, 6.07) is 6.18. The number of benzene rings is 1. The van der Waals surface area contributed by atoms with Gasteiger partial charge in [-0.2, -0.15) is 0 Å². The van der Waals surface area contributed by atoms with Gasteiger partial charge in [0.2, 0.25) is 0 Å². The molecule has 0 radical (unpaired) electrons. The van der Waals surface area contributed by atoms with Crippen LogP contribution in [-0.4, -0.2) is 47.2 Å². The van der Waals surface area contributed by atoms with E-state index in [1.807, 2.05) is 6.07 Å². The van der Waals surface area contributed by atoms with Crippen LogP contribution in [0, 0.1) is 0 Å². The van der Waals surface area contributed by atoms with E-state index < -0.39 is 0 Å². The summed E-state index contributed by atoms with van der Waals surface area (Å²) in [5.41, 5.74) is 0.908. The highest BCUT2D eigenvalue weighted by Crippen LogP contribution is 2.32. The summed E-state index contributed by atoms with van der Waals surface area (Å²) in [6.07, 6.45) is 4.92. The van der Waals surface area contributed by atoms with Crippen LogP contribution in [0.2, 0.25) is 0 Å². The minimum atomic E-state index is 0.294. The lowest BCUT2D eigenvalue weighted by molar-refractivity contribution is 0.169. The SMILES string of the molecule is CCCN(CCC)C1CCN(c2nc3cc(O)ccc3s2)CC1. The van der Waals surface area contributed by atoms with Gasteiger partial charge in [-0.3, -0.25) is 0 Å². The second-order valence-corrected chi connectivity index (χ2v) is 7.41. The van der Waals surface area contributed by atoms with Crippen LogP contribution in [0.1, 0.15) is 39.5 Å². The molecule has 1 saturated heterocycles. The highest BCUT2D eigenvalue weighted by molar-refractivity contribution is 7.22. The third kappa shape index (κ3) is 3.78. The molecule has 1 N–H and O–H groups in total. The van der Waals surface area contributed by atoms with Crippen molar-refractivity contribution in [1.29, 1.82) is 0 Å². The van der Waals surface area contributed by atoms with E-state index >= 15 is 0 Å². The summed E-state index contributed by atoms with van der Waals surface area (Å²) in [4.78, 5) is 9.80. The normalized spacial score (nSPS) is 16.6. The third-order valence-electron chi connectivity index (χ3n) is 4.63. The fraction of sp³-hybridized carbons (Fsp3) is 0.611. The second-order valence-electron chi connectivity index (χ2n) is 6.40. The fourth-order valence-electron chi connectivity index (χ4n) is 3.51. The maximum Gasteiger partial charge on any atom is 0.186 e. The molecule has 0 spiro atoms. The van der Waals surface area contributed by atoms with Gasteiger partial charge in [-0.15, -0.1) is 0 Å². The zero-order valence-corrected chi connectivity index (χ0v) is 15.0. The number of hydrogen-bond acceptors (Lipinski definition) is 5. The number of rotatable bonds is 6. The molecule has 5 heteroatoms. The van der Waals surface area contributed by atoms with Gasteiger partial charge in [0.25, 0.3) is 0 Å². The van der Waals surface area contributed by atoms with Gasteiger partial charge < -0.3 is 14.9 Å². The summed E-state index contributed by atoms with van der Waals surface area (Å²) in [6.45, 7) is 9.15. The molecule has 0 saturated carbocycles. The van der Waals surface area contributed by atoms with Crippen LogP contribution in [0.4, 0.5) is 5.13 Å². The average molecular weight is 334 g/mol. The standard InChI is InChI=1S/C18H27N3OS/c1-3-9-20(10-4-2)14-7-11-21(12-8-14)18-19-16-13-15(22)5-6-17(16)23-18/h5-6,13-14,22H,3-4,7-12H2,1-2H3. The van der Waals surface area contributed by atoms with Crippen LogP contribution in [0.3, 0.4) is 0 Å². The number of aromatic hydroxyl groups is 1. The van der Waals surface area contributed by atoms with Crippen LogP contribution in [0.15, 0.2) is 18.2 Å². The van der Waals surface area contributed by atoms with E-state index in [1.165, 1.54) is 38.8 Å². The Morgan fingerprint density at radius 1 is 1.22 bits per heavy atom. The van der Waals surface area contributed by atoms with E-state index in [9.17, 15) is 5.11 Å². The largest absolute Gasteiger partial charge is 0.508 e. The molecular weight excluding hydrogens is 306 g/mol. The maximum atomic E-state index is 9.59. The zero-order valence-electron chi connectivity index (χ0n) is 14.2. The van der Waals surface area contributed by atoms with E-state index in [0.717, 1.165) is 34.5 Å². The van der Waals surface area contributed by atoms with Crippen molar-refractivity contribution in [3.05, 3.63) is 18.2 Å². The van der Waals surface area contributed by atoms with Gasteiger partial charge in [0.1, 0.15) is 5.75 Å². The smallest absolute Gasteiger partial charge is 0.186 e. The summed E-state index contributed by atoms with van der Waals surface area (Å²) in [5, 5.41) is 10.7. The van der Waals surface area contributed by atoms with Gasteiger partial charge in [0, 0.05) is 25.2 Å². The van der Waals surface area contributed by atoms with Gasteiger partial charge in [0.05, 0.1) is 10.2 Å². The Kier molecular flexibility index (Phi) is 5.38. The number of anilines is 1. The fourth-order valence-corrected chi connectivity index (χ4v) is 4.51. The van der Waals surface area contributed by atoms with Crippen LogP contribution >= 0.6 is 11.3 Å². The molecule has 0 aliphatic carbocycles. The van der Waals surface area contributed by atoms with Crippen LogP contribution in [0.25, 0.3) is 10.2 Å². The van der Waals surface area contributed by atoms with Crippen LogP contribution < -0.4 is 4.90 Å². The predicted octanol–water partition coefficient (Wildman–Crippen LogP) is 4.09. The van der Waals surface area contributed by atoms with Crippen LogP contribution in [-0.2, 0) is 0 Å². The molecule has 3 rings (SSSR count). The van der Waals surface area contributed by atoms with Gasteiger partial charge >= 0.3 is 0 Å². The molecule has 1 fully saturated rings. The van der Waals surface area contributed by atoms with E-state index in [2.05, 4.69) is 23.6 Å². The van der Waals surface area contributed by atoms with E-state index in [0.29, 0.717) is 5.75 Å². The molecule has 0 unspecified atom stereocenters. The molecule has 1 aromatic carbocycles. The first-order chi connectivity index (χ1) is 11.2. The van der Waals surface area contributed by atoms with Crippen molar-refractivity contribution in [3.8, 4) is 5.75 Å². The molecule has 0 atom stereocenters. The summed E-state index contributed by atoms with van der Waals surface area (Å²) >= 11 is 1.73. The quantitative estimate of drug-likeness (QED) is 0.864. The molecule has 4 nitrogen and oxygen atoms in total. The lowest BCUT2D eigenvalue weighted by Gasteiger charge is -2.38. The average Bonchev–Trinajstić information content (AvgIpc) is 2.98. The lowest BCUT2D eigenvalue weighted by Crippen LogP contribution is -2.45. The number of piperidine rings is 1. The van der Waals surface area contributed by atoms with Crippen molar-refractivity contribution >= 4 is 26.7 Å². The van der Waals surface area contributed by atoms with Crippen molar-refractivity contribution in [2.24, 2.45) is 0 Å². The topological polar surface area (TPSA) is 39.6 Å². The first-order valence-electron chi connectivity index (χ1n) is 8.79. The third-order valence-corrected chi connectivity index (χ3v) is 5.73. The lowest BCUT2D eigenvalue weighted by atomic mass is 10.0. The summed E-state index contributed by atoms with van der Waals surface area (Å²) < 4.78 is 1.15. The Morgan fingerprint density at radius 3 is 2.57 bits per heavy atom. The molecule has 1 aliphatic heterocycles. The minimum Gasteiger partial charge on any atom is -0.508 e. The van der Waals surface area contributed by atoms with E-state index in [-0.39, 0.29) is 0 Å². The number of nitrogens with zero attached hydrogens (tertiary/aromatic N) is 3. The molecule has 2 heterocycles. The van der Waals surface area contributed by atoms with E-state index in [1.54, 1.807) is 23.5 Å². The highest BCUT2D eigenvalue weighted by atomic mass is 32.1. The van der Waals surface area contributed by atoms with Gasteiger partial charge in [-0.05, 0) is 50.9 Å². The second kappa shape index (κ2) is 7.49. The molecule has 126 valence electrons. The molecule has 2 aromatic rings. The van der Waals surface area contributed by atoms with Crippen molar-refractivity contribution in [2.45, 2.75) is 45.6 Å². The Labute approximate surface area is 142 Å².